The lowest BCUT2D eigenvalue weighted by atomic mass is 10.0. The fourth-order valence-electron chi connectivity index (χ4n) is 3.48. The van der Waals surface area contributed by atoms with Crippen molar-refractivity contribution in [2.24, 2.45) is 0 Å². The Kier molecular flexibility index (Phi) is 4.67. The first kappa shape index (κ1) is 17.7. The molecule has 2 aliphatic heterocycles. The predicted octanol–water partition coefficient (Wildman–Crippen LogP) is 2.12. The number of aromatic hydroxyl groups is 1. The average Bonchev–Trinajstić information content (AvgIpc) is 3.15. The number of carbonyl (C=O) groups excluding carboxylic acids is 1. The number of benzene rings is 1. The molecule has 1 N–H and O–H groups in total. The van der Waals surface area contributed by atoms with Gasteiger partial charge in [0.25, 0.3) is 5.88 Å². The largest absolute Gasteiger partial charge is 0.503 e. The molecule has 0 unspecified atom stereocenters. The van der Waals surface area contributed by atoms with Crippen LogP contribution in [0.4, 0.5) is 10.1 Å². The molecular formula is C19H19FN2O5. The van der Waals surface area contributed by atoms with Gasteiger partial charge >= 0.3 is 0 Å². The van der Waals surface area contributed by atoms with E-state index >= 15 is 0 Å². The van der Waals surface area contributed by atoms with Crippen LogP contribution in [-0.2, 0) is 9.47 Å². The standard InChI is InChI=1S/C19H19FN2O5/c1-25-19-14(23)8-13(22-6-5-15-16(9-22)27-10-26-15)17(21-19)18(24)11-3-2-4-12(20)7-11/h2-4,7-8,15-16,23H,5-6,9-10H2,1H3/t15-,16-/m1/s1. The van der Waals surface area contributed by atoms with Crippen molar-refractivity contribution < 1.29 is 28.5 Å². The topological polar surface area (TPSA) is 81.1 Å². The lowest BCUT2D eigenvalue weighted by molar-refractivity contribution is 0.0412. The van der Waals surface area contributed by atoms with Crippen LogP contribution in [0.3, 0.4) is 0 Å². The van der Waals surface area contributed by atoms with E-state index in [9.17, 15) is 14.3 Å². The maximum Gasteiger partial charge on any atom is 0.257 e. The highest BCUT2D eigenvalue weighted by Gasteiger charge is 2.36. The first-order valence-electron chi connectivity index (χ1n) is 8.63. The van der Waals surface area contributed by atoms with E-state index in [-0.39, 0.29) is 41.9 Å². The summed E-state index contributed by atoms with van der Waals surface area (Å²) in [6, 6.07) is 6.87. The van der Waals surface area contributed by atoms with Gasteiger partial charge in [-0.3, -0.25) is 4.79 Å². The zero-order valence-corrected chi connectivity index (χ0v) is 14.7. The van der Waals surface area contributed by atoms with Gasteiger partial charge in [-0.05, 0) is 18.6 Å². The quantitative estimate of drug-likeness (QED) is 0.821. The maximum absolute atomic E-state index is 13.6. The first-order chi connectivity index (χ1) is 13.1. The van der Waals surface area contributed by atoms with Crippen molar-refractivity contribution in [3.63, 3.8) is 0 Å². The molecule has 0 spiro atoms. The van der Waals surface area contributed by atoms with E-state index in [0.29, 0.717) is 18.8 Å². The second kappa shape index (κ2) is 7.13. The van der Waals surface area contributed by atoms with Crippen LogP contribution in [0.15, 0.2) is 30.3 Å². The minimum absolute atomic E-state index is 0.0309. The maximum atomic E-state index is 13.6. The van der Waals surface area contributed by atoms with Gasteiger partial charge in [0.2, 0.25) is 5.78 Å². The molecule has 0 radical (unpaired) electrons. The minimum Gasteiger partial charge on any atom is -0.503 e. The number of ketones is 1. The molecule has 0 bridgehead atoms. The molecule has 7 nitrogen and oxygen atoms in total. The second-order valence-electron chi connectivity index (χ2n) is 6.49. The van der Waals surface area contributed by atoms with E-state index in [0.717, 1.165) is 12.5 Å². The van der Waals surface area contributed by atoms with Crippen molar-refractivity contribution >= 4 is 11.5 Å². The van der Waals surface area contributed by atoms with E-state index in [4.69, 9.17) is 14.2 Å². The summed E-state index contributed by atoms with van der Waals surface area (Å²) in [4.78, 5) is 19.1. The van der Waals surface area contributed by atoms with Crippen molar-refractivity contribution in [3.05, 3.63) is 47.4 Å². The van der Waals surface area contributed by atoms with Gasteiger partial charge in [-0.15, -0.1) is 0 Å². The number of pyridine rings is 1. The Labute approximate surface area is 155 Å². The summed E-state index contributed by atoms with van der Waals surface area (Å²) in [6.07, 6.45) is 0.647. The van der Waals surface area contributed by atoms with Crippen molar-refractivity contribution in [1.82, 2.24) is 4.98 Å². The monoisotopic (exact) mass is 374 g/mol. The Hall–Kier alpha value is -2.71. The normalized spacial score (nSPS) is 21.8. The van der Waals surface area contributed by atoms with E-state index in [1.165, 1.54) is 31.4 Å². The molecule has 1 aromatic heterocycles. The van der Waals surface area contributed by atoms with Gasteiger partial charge in [0, 0.05) is 24.7 Å². The number of fused-ring (bicyclic) bond motifs is 1. The molecular weight excluding hydrogens is 355 g/mol. The number of ether oxygens (including phenoxy) is 3. The predicted molar refractivity (Wildman–Crippen MR) is 93.7 cm³/mol. The molecule has 2 aliphatic rings. The van der Waals surface area contributed by atoms with Crippen LogP contribution < -0.4 is 9.64 Å². The van der Waals surface area contributed by atoms with E-state index < -0.39 is 11.6 Å². The number of methoxy groups -OCH3 is 1. The van der Waals surface area contributed by atoms with Crippen LogP contribution in [0.2, 0.25) is 0 Å². The zero-order chi connectivity index (χ0) is 19.0. The Balaban J connectivity index is 1.74. The molecule has 0 aliphatic carbocycles. The molecule has 3 heterocycles. The van der Waals surface area contributed by atoms with Gasteiger partial charge in [0.05, 0.1) is 18.9 Å². The fraction of sp³-hybridized carbons (Fsp3) is 0.368. The number of anilines is 1. The van der Waals surface area contributed by atoms with Gasteiger partial charge in [-0.1, -0.05) is 12.1 Å². The van der Waals surface area contributed by atoms with Crippen molar-refractivity contribution in [2.45, 2.75) is 18.6 Å². The summed E-state index contributed by atoms with van der Waals surface area (Å²) in [5, 5.41) is 10.2. The lowest BCUT2D eigenvalue weighted by Crippen LogP contribution is -2.45. The van der Waals surface area contributed by atoms with Crippen LogP contribution in [0, 0.1) is 5.82 Å². The molecule has 142 valence electrons. The Morgan fingerprint density at radius 1 is 1.33 bits per heavy atom. The van der Waals surface area contributed by atoms with Crippen LogP contribution >= 0.6 is 0 Å². The SMILES string of the molecule is COc1nc(C(=O)c2cccc(F)c2)c(N2CC[C@H]3OCO[C@@H]3C2)cc1O. The number of carbonyl (C=O) groups is 1. The molecule has 27 heavy (non-hydrogen) atoms. The van der Waals surface area contributed by atoms with Crippen molar-refractivity contribution in [1.29, 1.82) is 0 Å². The average molecular weight is 374 g/mol. The number of aromatic nitrogens is 1. The van der Waals surface area contributed by atoms with Gasteiger partial charge in [0.1, 0.15) is 24.4 Å². The summed E-state index contributed by atoms with van der Waals surface area (Å²) in [6.45, 7) is 1.37. The van der Waals surface area contributed by atoms with Crippen LogP contribution in [-0.4, -0.2) is 55.1 Å². The minimum atomic E-state index is -0.509. The van der Waals surface area contributed by atoms with Gasteiger partial charge in [-0.2, -0.15) is 0 Å². The van der Waals surface area contributed by atoms with Crippen LogP contribution in [0.25, 0.3) is 0 Å². The lowest BCUT2D eigenvalue weighted by Gasteiger charge is -2.35. The molecule has 0 amide bonds. The molecule has 2 fully saturated rings. The van der Waals surface area contributed by atoms with Gasteiger partial charge in [-0.25, -0.2) is 9.37 Å². The number of rotatable bonds is 4. The third-order valence-corrected chi connectivity index (χ3v) is 4.85. The van der Waals surface area contributed by atoms with Crippen LogP contribution in [0.5, 0.6) is 11.6 Å². The molecule has 8 heteroatoms. The molecule has 1 aromatic carbocycles. The smallest absolute Gasteiger partial charge is 0.257 e. The van der Waals surface area contributed by atoms with Gasteiger partial charge < -0.3 is 24.2 Å². The first-order valence-corrected chi connectivity index (χ1v) is 8.63. The molecule has 2 atom stereocenters. The number of piperidine rings is 1. The van der Waals surface area contributed by atoms with Crippen molar-refractivity contribution in [3.8, 4) is 11.6 Å². The Morgan fingerprint density at radius 3 is 2.93 bits per heavy atom. The fourth-order valence-corrected chi connectivity index (χ4v) is 3.48. The summed E-state index contributed by atoms with van der Waals surface area (Å²) in [7, 11) is 1.35. The van der Waals surface area contributed by atoms with Crippen molar-refractivity contribution in [2.75, 3.05) is 31.9 Å². The number of hydrogen-bond acceptors (Lipinski definition) is 7. The number of nitrogens with zero attached hydrogens (tertiary/aromatic N) is 2. The summed E-state index contributed by atoms with van der Waals surface area (Å²) >= 11 is 0. The molecule has 0 saturated carbocycles. The Morgan fingerprint density at radius 2 is 2.15 bits per heavy atom. The van der Waals surface area contributed by atoms with Crippen LogP contribution in [0.1, 0.15) is 22.5 Å². The summed E-state index contributed by atoms with van der Waals surface area (Å²) in [5.41, 5.74) is 0.718. The molecule has 4 rings (SSSR count). The third-order valence-electron chi connectivity index (χ3n) is 4.85. The highest BCUT2D eigenvalue weighted by molar-refractivity contribution is 6.11. The zero-order valence-electron chi connectivity index (χ0n) is 14.7. The number of halogens is 1. The second-order valence-corrected chi connectivity index (χ2v) is 6.49. The number of hydrogen-bond donors (Lipinski definition) is 1. The summed E-state index contributed by atoms with van der Waals surface area (Å²) in [5.74, 6) is -1.19. The van der Waals surface area contributed by atoms with E-state index in [2.05, 4.69) is 4.98 Å². The van der Waals surface area contributed by atoms with E-state index in [1.54, 1.807) is 0 Å². The molecule has 2 aromatic rings. The Bertz CT molecular complexity index is 875. The highest BCUT2D eigenvalue weighted by Crippen LogP contribution is 2.35. The third kappa shape index (κ3) is 3.33. The summed E-state index contributed by atoms with van der Waals surface area (Å²) < 4.78 is 29.7. The molecule has 2 saturated heterocycles. The van der Waals surface area contributed by atoms with Gasteiger partial charge in [0.15, 0.2) is 5.75 Å². The van der Waals surface area contributed by atoms with E-state index in [1.807, 2.05) is 4.90 Å². The highest BCUT2D eigenvalue weighted by atomic mass is 19.1.